The maximum Gasteiger partial charge on any atom is 0.234 e. The Balaban J connectivity index is 0.00000121. The van der Waals surface area contributed by atoms with Gasteiger partial charge in [0.25, 0.3) is 0 Å². The molecule has 4 rings (SSSR count). The molecule has 1 fully saturated rings. The minimum absolute atomic E-state index is 0. The van der Waals surface area contributed by atoms with Gasteiger partial charge in [-0.15, -0.1) is 12.4 Å². The average molecular weight is 292 g/mol. The molecular weight excluding hydrogens is 274 g/mol. The van der Waals surface area contributed by atoms with Crippen LogP contribution < -0.4 is 5.73 Å². The van der Waals surface area contributed by atoms with E-state index in [2.05, 4.69) is 34.4 Å². The number of rotatable bonds is 2. The number of nitrogens with two attached hydrogens (primary N) is 1. The van der Waals surface area contributed by atoms with Gasteiger partial charge in [-0.2, -0.15) is 4.98 Å². The van der Waals surface area contributed by atoms with Crippen LogP contribution in [0.4, 0.5) is 0 Å². The molecular formula is C15H18ClN3O. The Hall–Kier alpha value is -1.39. The van der Waals surface area contributed by atoms with Crippen molar-refractivity contribution in [2.45, 2.75) is 43.6 Å². The van der Waals surface area contributed by atoms with Gasteiger partial charge in [0.1, 0.15) is 0 Å². The SMILES string of the molecule is Cl.NC1(c2noc(C3Cc4ccccc43)n2)CCCC1. The Morgan fingerprint density at radius 2 is 1.95 bits per heavy atom. The molecule has 2 N–H and O–H groups in total. The Morgan fingerprint density at radius 1 is 1.20 bits per heavy atom. The van der Waals surface area contributed by atoms with E-state index in [1.54, 1.807) is 0 Å². The highest BCUT2D eigenvalue weighted by atomic mass is 35.5. The zero-order valence-corrected chi connectivity index (χ0v) is 12.0. The molecule has 0 amide bonds. The van der Waals surface area contributed by atoms with E-state index >= 15 is 0 Å². The van der Waals surface area contributed by atoms with Crippen molar-refractivity contribution in [1.82, 2.24) is 10.1 Å². The van der Waals surface area contributed by atoms with Gasteiger partial charge >= 0.3 is 0 Å². The molecule has 0 saturated heterocycles. The van der Waals surface area contributed by atoms with Crippen LogP contribution in [0.2, 0.25) is 0 Å². The molecule has 5 heteroatoms. The highest BCUT2D eigenvalue weighted by Crippen LogP contribution is 2.40. The summed E-state index contributed by atoms with van der Waals surface area (Å²) in [6, 6.07) is 8.43. The van der Waals surface area contributed by atoms with Crippen molar-refractivity contribution in [3.8, 4) is 0 Å². The normalized spacial score (nSPS) is 22.8. The van der Waals surface area contributed by atoms with Gasteiger partial charge in [0.2, 0.25) is 5.89 Å². The number of aromatic nitrogens is 2. The van der Waals surface area contributed by atoms with Crippen LogP contribution in [0.15, 0.2) is 28.8 Å². The number of halogens is 1. The van der Waals surface area contributed by atoms with Crippen molar-refractivity contribution < 1.29 is 4.52 Å². The van der Waals surface area contributed by atoms with Crippen molar-refractivity contribution in [3.05, 3.63) is 47.1 Å². The molecule has 2 aromatic rings. The molecule has 20 heavy (non-hydrogen) atoms. The van der Waals surface area contributed by atoms with Crippen LogP contribution in [0.5, 0.6) is 0 Å². The molecule has 1 saturated carbocycles. The number of fused-ring (bicyclic) bond motifs is 1. The van der Waals surface area contributed by atoms with Crippen LogP contribution >= 0.6 is 12.4 Å². The number of hydrogen-bond donors (Lipinski definition) is 1. The minimum atomic E-state index is -0.356. The number of benzene rings is 1. The van der Waals surface area contributed by atoms with Gasteiger partial charge in [-0.05, 0) is 30.4 Å². The van der Waals surface area contributed by atoms with E-state index in [1.165, 1.54) is 11.1 Å². The molecule has 1 heterocycles. The molecule has 106 valence electrons. The highest BCUT2D eigenvalue weighted by Gasteiger charge is 2.38. The predicted molar refractivity (Wildman–Crippen MR) is 77.9 cm³/mol. The van der Waals surface area contributed by atoms with Gasteiger partial charge in [0.05, 0.1) is 11.5 Å². The van der Waals surface area contributed by atoms with Crippen LogP contribution in [0.25, 0.3) is 0 Å². The van der Waals surface area contributed by atoms with Crippen LogP contribution in [0, 0.1) is 0 Å². The smallest absolute Gasteiger partial charge is 0.234 e. The first kappa shape index (κ1) is 13.6. The van der Waals surface area contributed by atoms with Crippen LogP contribution in [0.3, 0.4) is 0 Å². The molecule has 0 radical (unpaired) electrons. The molecule has 4 nitrogen and oxygen atoms in total. The second kappa shape index (κ2) is 4.86. The van der Waals surface area contributed by atoms with Crippen molar-refractivity contribution >= 4 is 12.4 Å². The molecule has 2 aliphatic rings. The van der Waals surface area contributed by atoms with Gasteiger partial charge < -0.3 is 10.3 Å². The zero-order chi connectivity index (χ0) is 12.9. The molecule has 1 unspecified atom stereocenters. The Labute approximate surface area is 124 Å². The summed E-state index contributed by atoms with van der Waals surface area (Å²) in [6.45, 7) is 0. The number of hydrogen-bond acceptors (Lipinski definition) is 4. The minimum Gasteiger partial charge on any atom is -0.339 e. The lowest BCUT2D eigenvalue weighted by molar-refractivity contribution is 0.335. The van der Waals surface area contributed by atoms with E-state index in [0.29, 0.717) is 5.82 Å². The lowest BCUT2D eigenvalue weighted by atomic mass is 9.77. The van der Waals surface area contributed by atoms with E-state index in [9.17, 15) is 0 Å². The summed E-state index contributed by atoms with van der Waals surface area (Å²) in [4.78, 5) is 4.58. The Bertz CT molecular complexity index is 619. The predicted octanol–water partition coefficient (Wildman–Crippen LogP) is 2.91. The average Bonchev–Trinajstić information content (AvgIpc) is 3.01. The second-order valence-corrected chi connectivity index (χ2v) is 5.77. The first-order chi connectivity index (χ1) is 9.26. The lowest BCUT2D eigenvalue weighted by Crippen LogP contribution is -2.34. The Kier molecular flexibility index (Phi) is 3.30. The third kappa shape index (κ3) is 1.95. The summed E-state index contributed by atoms with van der Waals surface area (Å²) >= 11 is 0. The van der Waals surface area contributed by atoms with Crippen molar-refractivity contribution in [1.29, 1.82) is 0 Å². The van der Waals surface area contributed by atoms with Gasteiger partial charge in [-0.1, -0.05) is 42.3 Å². The van der Waals surface area contributed by atoms with E-state index in [1.807, 2.05) is 0 Å². The molecule has 1 aromatic carbocycles. The molecule has 2 aliphatic carbocycles. The van der Waals surface area contributed by atoms with Gasteiger partial charge in [0.15, 0.2) is 5.82 Å². The van der Waals surface area contributed by atoms with E-state index in [-0.39, 0.29) is 23.9 Å². The fourth-order valence-corrected chi connectivity index (χ4v) is 3.29. The maximum atomic E-state index is 6.36. The van der Waals surface area contributed by atoms with Crippen molar-refractivity contribution in [2.75, 3.05) is 0 Å². The van der Waals surface area contributed by atoms with Gasteiger partial charge in [-0.3, -0.25) is 0 Å². The summed E-state index contributed by atoms with van der Waals surface area (Å²) in [5, 5.41) is 4.13. The molecule has 0 bridgehead atoms. The topological polar surface area (TPSA) is 64.9 Å². The summed E-state index contributed by atoms with van der Waals surface area (Å²) < 4.78 is 5.46. The third-order valence-corrected chi connectivity index (χ3v) is 4.54. The van der Waals surface area contributed by atoms with Crippen LogP contribution in [-0.2, 0) is 12.0 Å². The van der Waals surface area contributed by atoms with Crippen LogP contribution in [-0.4, -0.2) is 10.1 Å². The first-order valence-corrected chi connectivity index (χ1v) is 6.97. The summed E-state index contributed by atoms with van der Waals surface area (Å²) in [5.74, 6) is 1.69. The second-order valence-electron chi connectivity index (χ2n) is 5.77. The quantitative estimate of drug-likeness (QED) is 0.924. The van der Waals surface area contributed by atoms with E-state index in [4.69, 9.17) is 10.3 Å². The van der Waals surface area contributed by atoms with E-state index in [0.717, 1.165) is 38.0 Å². The standard InChI is InChI=1S/C15H17N3O.ClH/c16-15(7-3-4-8-15)14-17-13(19-18-14)12-9-10-5-1-2-6-11(10)12;/h1-2,5-6,12H,3-4,7-9,16H2;1H. The van der Waals surface area contributed by atoms with Gasteiger partial charge in [0, 0.05) is 0 Å². The highest BCUT2D eigenvalue weighted by molar-refractivity contribution is 5.85. The van der Waals surface area contributed by atoms with Crippen molar-refractivity contribution in [3.63, 3.8) is 0 Å². The fraction of sp³-hybridized carbons (Fsp3) is 0.467. The molecule has 1 aromatic heterocycles. The largest absolute Gasteiger partial charge is 0.339 e. The molecule has 0 spiro atoms. The monoisotopic (exact) mass is 291 g/mol. The lowest BCUT2D eigenvalue weighted by Gasteiger charge is -2.26. The van der Waals surface area contributed by atoms with Crippen LogP contribution in [0.1, 0.15) is 54.4 Å². The summed E-state index contributed by atoms with van der Waals surface area (Å²) in [5.41, 5.74) is 8.71. The maximum absolute atomic E-state index is 6.36. The molecule has 1 atom stereocenters. The number of nitrogens with zero attached hydrogens (tertiary/aromatic N) is 2. The van der Waals surface area contributed by atoms with Gasteiger partial charge in [-0.25, -0.2) is 0 Å². The van der Waals surface area contributed by atoms with Crippen molar-refractivity contribution in [2.24, 2.45) is 5.73 Å². The summed E-state index contributed by atoms with van der Waals surface area (Å²) in [7, 11) is 0. The summed E-state index contributed by atoms with van der Waals surface area (Å²) in [6.07, 6.45) is 5.25. The molecule has 0 aliphatic heterocycles. The zero-order valence-electron chi connectivity index (χ0n) is 11.2. The fourth-order valence-electron chi connectivity index (χ4n) is 3.29. The first-order valence-electron chi connectivity index (χ1n) is 6.97. The third-order valence-electron chi connectivity index (χ3n) is 4.54. The van der Waals surface area contributed by atoms with E-state index < -0.39 is 0 Å². The Morgan fingerprint density at radius 3 is 2.70 bits per heavy atom.